The highest BCUT2D eigenvalue weighted by atomic mass is 35.5. The summed E-state index contributed by atoms with van der Waals surface area (Å²) in [6.45, 7) is 2.95. The largest absolute Gasteiger partial charge is 0.495 e. The fraction of sp³-hybridized carbons (Fsp3) is 0.400. The SMILES string of the molecule is CCC1CCCCN1C(=O)c1ccc(Nc2cc(Cl)ccc2OC)cn1. The van der Waals surface area contributed by atoms with E-state index in [0.717, 1.165) is 37.2 Å². The molecule has 0 radical (unpaired) electrons. The molecule has 2 aromatic rings. The van der Waals surface area contributed by atoms with Crippen molar-refractivity contribution in [2.24, 2.45) is 0 Å². The Morgan fingerprint density at radius 1 is 1.35 bits per heavy atom. The maximum Gasteiger partial charge on any atom is 0.272 e. The lowest BCUT2D eigenvalue weighted by Gasteiger charge is -2.35. The molecule has 3 rings (SSSR count). The number of hydrogen-bond acceptors (Lipinski definition) is 4. The number of nitrogens with one attached hydrogen (secondary N) is 1. The van der Waals surface area contributed by atoms with Crippen LogP contribution in [0.4, 0.5) is 11.4 Å². The summed E-state index contributed by atoms with van der Waals surface area (Å²) in [6, 6.07) is 9.31. The average molecular weight is 374 g/mol. The van der Waals surface area contributed by atoms with Crippen LogP contribution in [0.25, 0.3) is 0 Å². The van der Waals surface area contributed by atoms with Gasteiger partial charge in [0, 0.05) is 17.6 Å². The van der Waals surface area contributed by atoms with Crippen molar-refractivity contribution in [3.8, 4) is 5.75 Å². The number of pyridine rings is 1. The second-order valence-electron chi connectivity index (χ2n) is 6.46. The summed E-state index contributed by atoms with van der Waals surface area (Å²) in [5.41, 5.74) is 2.00. The number of anilines is 2. The Bertz CT molecular complexity index is 764. The van der Waals surface area contributed by atoms with Gasteiger partial charge >= 0.3 is 0 Å². The molecule has 0 saturated carbocycles. The zero-order chi connectivity index (χ0) is 18.5. The van der Waals surface area contributed by atoms with Gasteiger partial charge in [-0.3, -0.25) is 4.79 Å². The number of likely N-dealkylation sites (tertiary alicyclic amines) is 1. The van der Waals surface area contributed by atoms with Crippen molar-refractivity contribution in [2.75, 3.05) is 19.0 Å². The molecule has 1 unspecified atom stereocenters. The third kappa shape index (κ3) is 4.10. The van der Waals surface area contributed by atoms with Crippen LogP contribution in [0.1, 0.15) is 43.1 Å². The van der Waals surface area contributed by atoms with Crippen LogP contribution in [-0.4, -0.2) is 35.5 Å². The summed E-state index contributed by atoms with van der Waals surface area (Å²) in [5.74, 6) is 0.706. The number of methoxy groups -OCH3 is 1. The zero-order valence-electron chi connectivity index (χ0n) is 15.2. The molecule has 2 heterocycles. The number of ether oxygens (including phenoxy) is 1. The molecular formula is C20H24ClN3O2. The van der Waals surface area contributed by atoms with E-state index in [-0.39, 0.29) is 5.91 Å². The Labute approximate surface area is 159 Å². The van der Waals surface area contributed by atoms with Crippen LogP contribution >= 0.6 is 11.6 Å². The number of rotatable bonds is 5. The smallest absolute Gasteiger partial charge is 0.272 e. The van der Waals surface area contributed by atoms with Crippen molar-refractivity contribution >= 4 is 28.9 Å². The van der Waals surface area contributed by atoms with Crippen LogP contribution in [0.2, 0.25) is 5.02 Å². The van der Waals surface area contributed by atoms with E-state index in [1.54, 1.807) is 37.6 Å². The van der Waals surface area contributed by atoms with E-state index in [1.807, 2.05) is 11.0 Å². The molecule has 1 aromatic carbocycles. The van der Waals surface area contributed by atoms with Gasteiger partial charge in [-0.05, 0) is 56.0 Å². The van der Waals surface area contributed by atoms with Crippen LogP contribution in [0.3, 0.4) is 0 Å². The minimum atomic E-state index is 0.0171. The van der Waals surface area contributed by atoms with Gasteiger partial charge in [-0.2, -0.15) is 0 Å². The maximum atomic E-state index is 12.8. The van der Waals surface area contributed by atoms with Crippen molar-refractivity contribution < 1.29 is 9.53 Å². The standard InChI is InChI=1S/C20H24ClN3O2/c1-3-16-6-4-5-11-24(16)20(25)17-9-8-15(13-22-17)23-18-12-14(21)7-10-19(18)26-2/h7-10,12-13,16,23H,3-6,11H2,1-2H3. The number of nitrogens with zero attached hydrogens (tertiary/aromatic N) is 2. The molecule has 1 aromatic heterocycles. The summed E-state index contributed by atoms with van der Waals surface area (Å²) >= 11 is 6.06. The van der Waals surface area contributed by atoms with E-state index in [9.17, 15) is 4.79 Å². The van der Waals surface area contributed by atoms with Crippen LogP contribution < -0.4 is 10.1 Å². The third-order valence-corrected chi connectivity index (χ3v) is 5.02. The second-order valence-corrected chi connectivity index (χ2v) is 6.89. The molecule has 1 saturated heterocycles. The number of piperidine rings is 1. The second kappa shape index (κ2) is 8.41. The van der Waals surface area contributed by atoms with Gasteiger partial charge in [0.15, 0.2) is 0 Å². The van der Waals surface area contributed by atoms with Crippen LogP contribution in [0.15, 0.2) is 36.5 Å². The monoisotopic (exact) mass is 373 g/mol. The molecule has 5 nitrogen and oxygen atoms in total. The first-order valence-corrected chi connectivity index (χ1v) is 9.37. The van der Waals surface area contributed by atoms with Gasteiger partial charge in [0.2, 0.25) is 0 Å². The van der Waals surface area contributed by atoms with Crippen LogP contribution in [0.5, 0.6) is 5.75 Å². The first kappa shape index (κ1) is 18.5. The Morgan fingerprint density at radius 2 is 2.19 bits per heavy atom. The number of halogens is 1. The lowest BCUT2D eigenvalue weighted by Crippen LogP contribution is -2.43. The van der Waals surface area contributed by atoms with Gasteiger partial charge < -0.3 is 15.0 Å². The molecule has 6 heteroatoms. The van der Waals surface area contributed by atoms with Crippen molar-refractivity contribution in [1.29, 1.82) is 0 Å². The molecule has 1 aliphatic heterocycles. The number of carbonyl (C=O) groups excluding carboxylic acids is 1. The first-order chi connectivity index (χ1) is 12.6. The number of amides is 1. The number of carbonyl (C=O) groups is 1. The molecule has 138 valence electrons. The molecule has 0 bridgehead atoms. The molecule has 1 fully saturated rings. The molecule has 1 N–H and O–H groups in total. The quantitative estimate of drug-likeness (QED) is 0.810. The minimum absolute atomic E-state index is 0.0171. The molecule has 0 spiro atoms. The van der Waals surface area contributed by atoms with Gasteiger partial charge in [-0.1, -0.05) is 18.5 Å². The summed E-state index contributed by atoms with van der Waals surface area (Å²) < 4.78 is 5.34. The Kier molecular flexibility index (Phi) is 5.99. The van der Waals surface area contributed by atoms with Crippen molar-refractivity contribution in [1.82, 2.24) is 9.88 Å². The lowest BCUT2D eigenvalue weighted by molar-refractivity contribution is 0.0602. The highest BCUT2D eigenvalue weighted by molar-refractivity contribution is 6.31. The van der Waals surface area contributed by atoms with E-state index in [4.69, 9.17) is 16.3 Å². The highest BCUT2D eigenvalue weighted by Gasteiger charge is 2.26. The van der Waals surface area contributed by atoms with Gasteiger partial charge in [0.25, 0.3) is 5.91 Å². The predicted molar refractivity (Wildman–Crippen MR) is 104 cm³/mol. The predicted octanol–water partition coefficient (Wildman–Crippen LogP) is 4.89. The Hall–Kier alpha value is -2.27. The summed E-state index contributed by atoms with van der Waals surface area (Å²) in [5, 5.41) is 3.85. The van der Waals surface area contributed by atoms with Gasteiger partial charge in [-0.15, -0.1) is 0 Å². The van der Waals surface area contributed by atoms with Crippen LogP contribution in [0, 0.1) is 0 Å². The number of hydrogen-bond donors (Lipinski definition) is 1. The van der Waals surface area contributed by atoms with Crippen LogP contribution in [-0.2, 0) is 0 Å². The molecule has 1 amide bonds. The van der Waals surface area contributed by atoms with E-state index in [2.05, 4.69) is 17.2 Å². The normalized spacial score (nSPS) is 17.0. The van der Waals surface area contributed by atoms with E-state index < -0.39 is 0 Å². The number of benzene rings is 1. The minimum Gasteiger partial charge on any atom is -0.495 e. The van der Waals surface area contributed by atoms with Gasteiger partial charge in [0.1, 0.15) is 11.4 Å². The Morgan fingerprint density at radius 3 is 2.88 bits per heavy atom. The Balaban J connectivity index is 1.74. The van der Waals surface area contributed by atoms with Gasteiger partial charge in [-0.25, -0.2) is 4.98 Å². The maximum absolute atomic E-state index is 12.8. The van der Waals surface area contributed by atoms with Crippen molar-refractivity contribution in [2.45, 2.75) is 38.6 Å². The topological polar surface area (TPSA) is 54.5 Å². The molecular weight excluding hydrogens is 350 g/mol. The lowest BCUT2D eigenvalue weighted by atomic mass is 9.99. The third-order valence-electron chi connectivity index (χ3n) is 4.78. The summed E-state index contributed by atoms with van der Waals surface area (Å²) in [7, 11) is 1.61. The summed E-state index contributed by atoms with van der Waals surface area (Å²) in [6.07, 6.45) is 5.99. The first-order valence-electron chi connectivity index (χ1n) is 9.00. The van der Waals surface area contributed by atoms with Gasteiger partial charge in [0.05, 0.1) is 24.7 Å². The highest BCUT2D eigenvalue weighted by Crippen LogP contribution is 2.30. The fourth-order valence-corrected chi connectivity index (χ4v) is 3.54. The zero-order valence-corrected chi connectivity index (χ0v) is 15.9. The van der Waals surface area contributed by atoms with E-state index >= 15 is 0 Å². The summed E-state index contributed by atoms with van der Waals surface area (Å²) in [4.78, 5) is 19.1. The average Bonchev–Trinajstić information content (AvgIpc) is 2.68. The van der Waals surface area contributed by atoms with E-state index in [1.165, 1.54) is 6.42 Å². The molecule has 0 aliphatic carbocycles. The number of aromatic nitrogens is 1. The fourth-order valence-electron chi connectivity index (χ4n) is 3.37. The molecule has 1 aliphatic rings. The molecule has 1 atom stereocenters. The van der Waals surface area contributed by atoms with Crippen molar-refractivity contribution in [3.05, 3.63) is 47.2 Å². The van der Waals surface area contributed by atoms with Crippen molar-refractivity contribution in [3.63, 3.8) is 0 Å². The van der Waals surface area contributed by atoms with E-state index in [0.29, 0.717) is 22.5 Å². The molecule has 26 heavy (non-hydrogen) atoms.